The minimum atomic E-state index is -0.318. The highest BCUT2D eigenvalue weighted by Crippen LogP contribution is 2.13. The number of hydrogen-bond acceptors (Lipinski definition) is 4. The minimum Gasteiger partial charge on any atom is -0.464 e. The summed E-state index contributed by atoms with van der Waals surface area (Å²) in [6.45, 7) is 2.88. The number of carbonyl (C=O) groups is 1. The van der Waals surface area contributed by atoms with Gasteiger partial charge in [-0.2, -0.15) is 5.10 Å². The molecular weight excluding hydrogens is 206 g/mol. The van der Waals surface area contributed by atoms with Crippen LogP contribution < -0.4 is 5.32 Å². The van der Waals surface area contributed by atoms with Crippen LogP contribution in [0.5, 0.6) is 0 Å². The van der Waals surface area contributed by atoms with Crippen molar-refractivity contribution in [2.24, 2.45) is 5.92 Å². The van der Waals surface area contributed by atoms with E-state index in [0.717, 1.165) is 19.6 Å². The Kier molecular flexibility index (Phi) is 3.56. The Morgan fingerprint density at radius 2 is 2.62 bits per heavy atom. The Morgan fingerprint density at radius 1 is 1.75 bits per heavy atom. The fourth-order valence-electron chi connectivity index (χ4n) is 2.08. The molecule has 0 radical (unpaired) electrons. The van der Waals surface area contributed by atoms with Crippen LogP contribution in [0.1, 0.15) is 23.3 Å². The van der Waals surface area contributed by atoms with Gasteiger partial charge in [-0.1, -0.05) is 0 Å². The standard InChI is InChI=1S/C11H17N3O2/c1-16-11(15)10-4-6-13-14(10)8-9-3-2-5-12-7-9/h4,6,9,12H,2-3,5,7-8H2,1H3. The van der Waals surface area contributed by atoms with Crippen molar-refractivity contribution in [3.05, 3.63) is 18.0 Å². The summed E-state index contributed by atoms with van der Waals surface area (Å²) in [6.07, 6.45) is 4.02. The van der Waals surface area contributed by atoms with E-state index in [9.17, 15) is 4.79 Å². The van der Waals surface area contributed by atoms with E-state index >= 15 is 0 Å². The van der Waals surface area contributed by atoms with Crippen LogP contribution in [0.25, 0.3) is 0 Å². The van der Waals surface area contributed by atoms with Crippen LogP contribution >= 0.6 is 0 Å². The molecule has 1 fully saturated rings. The minimum absolute atomic E-state index is 0.318. The van der Waals surface area contributed by atoms with Gasteiger partial charge in [0.05, 0.1) is 7.11 Å². The summed E-state index contributed by atoms with van der Waals surface area (Å²) in [7, 11) is 1.39. The quantitative estimate of drug-likeness (QED) is 0.765. The number of esters is 1. The number of aromatic nitrogens is 2. The largest absolute Gasteiger partial charge is 0.464 e. The molecule has 0 aromatic carbocycles. The maximum absolute atomic E-state index is 11.4. The Balaban J connectivity index is 2.03. The lowest BCUT2D eigenvalue weighted by atomic mass is 10.00. The molecule has 1 aromatic rings. The van der Waals surface area contributed by atoms with E-state index in [1.165, 1.54) is 20.0 Å². The van der Waals surface area contributed by atoms with E-state index < -0.39 is 0 Å². The molecule has 0 saturated carbocycles. The van der Waals surface area contributed by atoms with Crippen LogP contribution in [-0.4, -0.2) is 35.9 Å². The van der Waals surface area contributed by atoms with Gasteiger partial charge in [-0.15, -0.1) is 0 Å². The topological polar surface area (TPSA) is 56.1 Å². The summed E-state index contributed by atoms with van der Waals surface area (Å²) in [4.78, 5) is 11.4. The Hall–Kier alpha value is -1.36. The predicted molar refractivity (Wildman–Crippen MR) is 59.2 cm³/mol. The summed E-state index contributed by atoms with van der Waals surface area (Å²) in [6, 6.07) is 1.70. The van der Waals surface area contributed by atoms with Gasteiger partial charge in [0.2, 0.25) is 0 Å². The van der Waals surface area contributed by atoms with Gasteiger partial charge in [-0.25, -0.2) is 4.79 Å². The first kappa shape index (κ1) is 11.1. The zero-order valence-electron chi connectivity index (χ0n) is 9.48. The maximum Gasteiger partial charge on any atom is 0.356 e. The monoisotopic (exact) mass is 223 g/mol. The highest BCUT2D eigenvalue weighted by molar-refractivity contribution is 5.87. The second-order valence-electron chi connectivity index (χ2n) is 4.10. The molecule has 1 N–H and O–H groups in total. The molecule has 2 heterocycles. The summed E-state index contributed by atoms with van der Waals surface area (Å²) in [5, 5.41) is 7.52. The number of piperidine rings is 1. The maximum atomic E-state index is 11.4. The zero-order valence-corrected chi connectivity index (χ0v) is 9.48. The second kappa shape index (κ2) is 5.12. The van der Waals surface area contributed by atoms with Crippen LogP contribution in [0.3, 0.4) is 0 Å². The molecule has 1 saturated heterocycles. The molecule has 5 nitrogen and oxygen atoms in total. The highest BCUT2D eigenvalue weighted by Gasteiger charge is 2.18. The molecule has 2 rings (SSSR count). The SMILES string of the molecule is COC(=O)c1ccnn1CC1CCCNC1. The molecule has 0 spiro atoms. The third-order valence-corrected chi connectivity index (χ3v) is 2.94. The van der Waals surface area contributed by atoms with E-state index in [0.29, 0.717) is 11.6 Å². The van der Waals surface area contributed by atoms with Gasteiger partial charge in [0.25, 0.3) is 0 Å². The van der Waals surface area contributed by atoms with Crippen molar-refractivity contribution in [2.75, 3.05) is 20.2 Å². The van der Waals surface area contributed by atoms with Crippen molar-refractivity contribution in [1.29, 1.82) is 0 Å². The van der Waals surface area contributed by atoms with E-state index in [1.54, 1.807) is 16.9 Å². The van der Waals surface area contributed by atoms with Gasteiger partial charge in [0.1, 0.15) is 5.69 Å². The number of carbonyl (C=O) groups excluding carboxylic acids is 1. The Morgan fingerprint density at radius 3 is 3.31 bits per heavy atom. The average Bonchev–Trinajstić information content (AvgIpc) is 2.77. The van der Waals surface area contributed by atoms with Gasteiger partial charge in [0.15, 0.2) is 0 Å². The molecule has 1 aromatic heterocycles. The molecule has 88 valence electrons. The van der Waals surface area contributed by atoms with Crippen LogP contribution in [0.2, 0.25) is 0 Å². The zero-order chi connectivity index (χ0) is 11.4. The van der Waals surface area contributed by atoms with Crippen molar-refractivity contribution in [3.63, 3.8) is 0 Å². The number of ether oxygens (including phenoxy) is 1. The lowest BCUT2D eigenvalue weighted by molar-refractivity contribution is 0.0584. The molecule has 16 heavy (non-hydrogen) atoms. The van der Waals surface area contributed by atoms with Crippen LogP contribution in [0.4, 0.5) is 0 Å². The number of methoxy groups -OCH3 is 1. The van der Waals surface area contributed by atoms with E-state index in [4.69, 9.17) is 4.74 Å². The number of nitrogens with one attached hydrogen (secondary N) is 1. The molecule has 0 bridgehead atoms. The Labute approximate surface area is 94.8 Å². The molecule has 0 amide bonds. The third-order valence-electron chi connectivity index (χ3n) is 2.94. The summed E-state index contributed by atoms with van der Waals surface area (Å²) < 4.78 is 6.45. The van der Waals surface area contributed by atoms with Crippen LogP contribution in [0, 0.1) is 5.92 Å². The second-order valence-corrected chi connectivity index (χ2v) is 4.10. The number of nitrogens with zero attached hydrogens (tertiary/aromatic N) is 2. The summed E-state index contributed by atoms with van der Waals surface area (Å²) >= 11 is 0. The van der Waals surface area contributed by atoms with Crippen LogP contribution in [0.15, 0.2) is 12.3 Å². The lowest BCUT2D eigenvalue weighted by Crippen LogP contribution is -2.33. The van der Waals surface area contributed by atoms with Crippen molar-refractivity contribution in [2.45, 2.75) is 19.4 Å². The van der Waals surface area contributed by atoms with Gasteiger partial charge in [0, 0.05) is 12.7 Å². The molecule has 1 atom stereocenters. The van der Waals surface area contributed by atoms with Crippen LogP contribution in [-0.2, 0) is 11.3 Å². The summed E-state index contributed by atoms with van der Waals surface area (Å²) in [5.41, 5.74) is 0.535. The van der Waals surface area contributed by atoms with Crippen molar-refractivity contribution in [1.82, 2.24) is 15.1 Å². The normalized spacial score (nSPS) is 20.7. The molecule has 1 unspecified atom stereocenters. The summed E-state index contributed by atoms with van der Waals surface area (Å²) in [5.74, 6) is 0.235. The van der Waals surface area contributed by atoms with E-state index in [2.05, 4.69) is 10.4 Å². The molecule has 1 aliphatic heterocycles. The van der Waals surface area contributed by atoms with Gasteiger partial charge < -0.3 is 10.1 Å². The van der Waals surface area contributed by atoms with Gasteiger partial charge in [-0.3, -0.25) is 4.68 Å². The lowest BCUT2D eigenvalue weighted by Gasteiger charge is -2.23. The first-order valence-corrected chi connectivity index (χ1v) is 5.62. The Bertz CT molecular complexity index is 356. The highest BCUT2D eigenvalue weighted by atomic mass is 16.5. The predicted octanol–water partition coefficient (Wildman–Crippen LogP) is 0.669. The fraction of sp³-hybridized carbons (Fsp3) is 0.636. The third kappa shape index (κ3) is 2.41. The molecule has 5 heteroatoms. The van der Waals surface area contributed by atoms with Crippen molar-refractivity contribution in [3.8, 4) is 0 Å². The van der Waals surface area contributed by atoms with E-state index in [1.807, 2.05) is 0 Å². The van der Waals surface area contributed by atoms with Gasteiger partial charge in [-0.05, 0) is 37.9 Å². The van der Waals surface area contributed by atoms with Crippen molar-refractivity contribution >= 4 is 5.97 Å². The number of hydrogen-bond donors (Lipinski definition) is 1. The van der Waals surface area contributed by atoms with Gasteiger partial charge >= 0.3 is 5.97 Å². The smallest absolute Gasteiger partial charge is 0.356 e. The molecule has 1 aliphatic rings. The number of rotatable bonds is 3. The first-order chi connectivity index (χ1) is 7.81. The fourth-order valence-corrected chi connectivity index (χ4v) is 2.08. The average molecular weight is 223 g/mol. The molecule has 0 aliphatic carbocycles. The molecular formula is C11H17N3O2. The van der Waals surface area contributed by atoms with E-state index in [-0.39, 0.29) is 5.97 Å². The van der Waals surface area contributed by atoms with Crippen molar-refractivity contribution < 1.29 is 9.53 Å². The first-order valence-electron chi connectivity index (χ1n) is 5.62.